The molecule has 0 fully saturated rings. The molecule has 1 heterocycles. The topological polar surface area (TPSA) is 29.9 Å². The van der Waals surface area contributed by atoms with Gasteiger partial charge in [0.25, 0.3) is 0 Å². The molecule has 0 aliphatic rings. The summed E-state index contributed by atoms with van der Waals surface area (Å²) in [5.74, 6) is 0.392. The minimum absolute atomic E-state index is 0.392. The van der Waals surface area contributed by atoms with Gasteiger partial charge in [-0.15, -0.1) is 0 Å². The molecular weight excluding hydrogens is 338 g/mol. The van der Waals surface area contributed by atoms with Crippen molar-refractivity contribution >= 4 is 27.5 Å². The second kappa shape index (κ2) is 6.74. The zero-order valence-corrected chi connectivity index (χ0v) is 14.3. The first kappa shape index (κ1) is 15.5. The molecule has 0 spiro atoms. The van der Waals surface area contributed by atoms with Crippen LogP contribution in [0.1, 0.15) is 22.9 Å². The molecule has 1 aromatic heterocycles. The van der Waals surface area contributed by atoms with Crippen LogP contribution in [-0.4, -0.2) is 23.4 Å². The maximum atomic E-state index is 5.97. The highest BCUT2D eigenvalue weighted by Crippen LogP contribution is 2.27. The first-order chi connectivity index (χ1) is 9.52. The molecule has 0 saturated heterocycles. The molecule has 0 amide bonds. The van der Waals surface area contributed by atoms with Crippen LogP contribution in [0.2, 0.25) is 5.02 Å². The number of hydrogen-bond acceptors (Lipinski definition) is 2. The highest BCUT2D eigenvalue weighted by Gasteiger charge is 2.18. The standard InChI is InChI=1S/C15H19BrClN3/c1-10-15(16)14(20(3)19-10)8-12(9-18-2)11-4-6-13(17)7-5-11/h4-7,12,18H,8-9H2,1-3H3. The largest absolute Gasteiger partial charge is 0.319 e. The fraction of sp³-hybridized carbons (Fsp3) is 0.400. The summed E-state index contributed by atoms with van der Waals surface area (Å²) >= 11 is 9.61. The molecule has 5 heteroatoms. The van der Waals surface area contributed by atoms with Gasteiger partial charge in [0.05, 0.1) is 15.9 Å². The van der Waals surface area contributed by atoms with Crippen LogP contribution in [0.4, 0.5) is 0 Å². The van der Waals surface area contributed by atoms with Gasteiger partial charge in [-0.25, -0.2) is 0 Å². The molecule has 1 atom stereocenters. The summed E-state index contributed by atoms with van der Waals surface area (Å²) in [4.78, 5) is 0. The fourth-order valence-electron chi connectivity index (χ4n) is 2.42. The number of halogens is 2. The molecule has 0 radical (unpaired) electrons. The van der Waals surface area contributed by atoms with Crippen molar-refractivity contribution in [3.63, 3.8) is 0 Å². The third kappa shape index (κ3) is 3.43. The van der Waals surface area contributed by atoms with E-state index in [1.54, 1.807) is 0 Å². The minimum atomic E-state index is 0.392. The van der Waals surface area contributed by atoms with E-state index >= 15 is 0 Å². The molecule has 2 aromatic rings. The Hall–Kier alpha value is -0.840. The molecule has 0 saturated carbocycles. The second-order valence-electron chi connectivity index (χ2n) is 4.98. The molecule has 0 bridgehead atoms. The predicted octanol–water partition coefficient (Wildman–Crippen LogP) is 3.69. The van der Waals surface area contributed by atoms with Crippen molar-refractivity contribution < 1.29 is 0 Å². The quantitative estimate of drug-likeness (QED) is 0.885. The highest BCUT2D eigenvalue weighted by atomic mass is 79.9. The number of nitrogens with one attached hydrogen (secondary N) is 1. The zero-order valence-electron chi connectivity index (χ0n) is 12.0. The van der Waals surface area contributed by atoms with Gasteiger partial charge in [-0.3, -0.25) is 4.68 Å². The van der Waals surface area contributed by atoms with Crippen LogP contribution in [0.25, 0.3) is 0 Å². The third-order valence-electron chi connectivity index (χ3n) is 3.49. The van der Waals surface area contributed by atoms with Crippen LogP contribution in [0.3, 0.4) is 0 Å². The first-order valence-corrected chi connectivity index (χ1v) is 7.78. The highest BCUT2D eigenvalue weighted by molar-refractivity contribution is 9.10. The van der Waals surface area contributed by atoms with Crippen LogP contribution in [0.5, 0.6) is 0 Å². The molecule has 20 heavy (non-hydrogen) atoms. The van der Waals surface area contributed by atoms with Crippen molar-refractivity contribution in [1.82, 2.24) is 15.1 Å². The van der Waals surface area contributed by atoms with Crippen LogP contribution < -0.4 is 5.32 Å². The van der Waals surface area contributed by atoms with E-state index in [-0.39, 0.29) is 0 Å². The fourth-order valence-corrected chi connectivity index (χ4v) is 3.05. The van der Waals surface area contributed by atoms with Crippen molar-refractivity contribution in [3.05, 3.63) is 50.7 Å². The summed E-state index contributed by atoms with van der Waals surface area (Å²) in [7, 11) is 3.97. The number of aryl methyl sites for hydroxylation is 2. The van der Waals surface area contributed by atoms with Crippen molar-refractivity contribution in [2.24, 2.45) is 7.05 Å². The Balaban J connectivity index is 2.27. The molecule has 1 unspecified atom stereocenters. The number of hydrogen-bond donors (Lipinski definition) is 1. The van der Waals surface area contributed by atoms with Gasteiger partial charge in [-0.1, -0.05) is 23.7 Å². The summed E-state index contributed by atoms with van der Waals surface area (Å²) in [6.07, 6.45) is 0.931. The Morgan fingerprint density at radius 2 is 2.00 bits per heavy atom. The smallest absolute Gasteiger partial charge is 0.0738 e. The number of rotatable bonds is 5. The summed E-state index contributed by atoms with van der Waals surface area (Å²) < 4.78 is 3.06. The van der Waals surface area contributed by atoms with E-state index in [4.69, 9.17) is 11.6 Å². The van der Waals surface area contributed by atoms with E-state index in [2.05, 4.69) is 38.5 Å². The number of likely N-dealkylation sites (N-methyl/N-ethyl adjacent to an activating group) is 1. The van der Waals surface area contributed by atoms with Crippen LogP contribution in [0, 0.1) is 6.92 Å². The average Bonchev–Trinajstić information content (AvgIpc) is 2.65. The summed E-state index contributed by atoms with van der Waals surface area (Å²) in [5.41, 5.74) is 3.54. The maximum absolute atomic E-state index is 5.97. The number of aromatic nitrogens is 2. The van der Waals surface area contributed by atoms with E-state index in [1.807, 2.05) is 37.8 Å². The van der Waals surface area contributed by atoms with Gasteiger partial charge in [0.1, 0.15) is 0 Å². The Labute approximate surface area is 133 Å². The van der Waals surface area contributed by atoms with Crippen molar-refractivity contribution in [1.29, 1.82) is 0 Å². The number of benzene rings is 1. The van der Waals surface area contributed by atoms with E-state index in [1.165, 1.54) is 11.3 Å². The van der Waals surface area contributed by atoms with Gasteiger partial charge in [-0.2, -0.15) is 5.10 Å². The van der Waals surface area contributed by atoms with Crippen LogP contribution >= 0.6 is 27.5 Å². The SMILES string of the molecule is CNCC(Cc1c(Br)c(C)nn1C)c1ccc(Cl)cc1. The Morgan fingerprint density at radius 1 is 1.35 bits per heavy atom. The second-order valence-corrected chi connectivity index (χ2v) is 6.21. The summed E-state index contributed by atoms with van der Waals surface area (Å²) in [6.45, 7) is 2.93. The summed E-state index contributed by atoms with van der Waals surface area (Å²) in [6, 6.07) is 8.09. The summed E-state index contributed by atoms with van der Waals surface area (Å²) in [5, 5.41) is 8.50. The van der Waals surface area contributed by atoms with E-state index in [0.717, 1.165) is 28.2 Å². The lowest BCUT2D eigenvalue weighted by atomic mass is 9.94. The molecule has 0 aliphatic carbocycles. The predicted molar refractivity (Wildman–Crippen MR) is 87.5 cm³/mol. The molecule has 1 N–H and O–H groups in total. The Bertz CT molecular complexity index is 578. The monoisotopic (exact) mass is 355 g/mol. The number of nitrogens with zero attached hydrogens (tertiary/aromatic N) is 2. The lowest BCUT2D eigenvalue weighted by Gasteiger charge is -2.17. The van der Waals surface area contributed by atoms with Gasteiger partial charge in [0.2, 0.25) is 0 Å². The minimum Gasteiger partial charge on any atom is -0.319 e. The van der Waals surface area contributed by atoms with E-state index in [9.17, 15) is 0 Å². The van der Waals surface area contributed by atoms with Crippen molar-refractivity contribution in [2.75, 3.05) is 13.6 Å². The van der Waals surface area contributed by atoms with Gasteiger partial charge in [0, 0.05) is 24.5 Å². The van der Waals surface area contributed by atoms with Gasteiger partial charge >= 0.3 is 0 Å². The van der Waals surface area contributed by atoms with Gasteiger partial charge < -0.3 is 5.32 Å². The maximum Gasteiger partial charge on any atom is 0.0738 e. The van der Waals surface area contributed by atoms with Crippen molar-refractivity contribution in [3.8, 4) is 0 Å². The van der Waals surface area contributed by atoms with Crippen LogP contribution in [0.15, 0.2) is 28.7 Å². The molecule has 2 rings (SSSR count). The molecular formula is C15H19BrClN3. The molecule has 1 aromatic carbocycles. The lowest BCUT2D eigenvalue weighted by Crippen LogP contribution is -2.20. The van der Waals surface area contributed by atoms with Crippen molar-refractivity contribution in [2.45, 2.75) is 19.3 Å². The zero-order chi connectivity index (χ0) is 14.7. The molecule has 0 aliphatic heterocycles. The van der Waals surface area contributed by atoms with E-state index < -0.39 is 0 Å². The Kier molecular flexibility index (Phi) is 5.24. The molecule has 108 valence electrons. The normalized spacial score (nSPS) is 12.7. The lowest BCUT2D eigenvalue weighted by molar-refractivity contribution is 0.590. The first-order valence-electron chi connectivity index (χ1n) is 6.61. The van der Waals surface area contributed by atoms with Gasteiger partial charge in [-0.05, 0) is 54.0 Å². The Morgan fingerprint density at radius 3 is 2.50 bits per heavy atom. The molecule has 3 nitrogen and oxygen atoms in total. The average molecular weight is 357 g/mol. The van der Waals surface area contributed by atoms with Gasteiger partial charge in [0.15, 0.2) is 0 Å². The third-order valence-corrected chi connectivity index (χ3v) is 4.78. The van der Waals surface area contributed by atoms with E-state index in [0.29, 0.717) is 5.92 Å². The van der Waals surface area contributed by atoms with Crippen LogP contribution in [-0.2, 0) is 13.5 Å².